The molecule has 0 amide bonds. The van der Waals surface area contributed by atoms with Crippen LogP contribution in [0.5, 0.6) is 5.75 Å². The summed E-state index contributed by atoms with van der Waals surface area (Å²) < 4.78 is 7.41. The van der Waals surface area contributed by atoms with Gasteiger partial charge in [-0.25, -0.2) is 9.50 Å². The molecule has 0 saturated carbocycles. The fraction of sp³-hybridized carbons (Fsp3) is 0.444. The van der Waals surface area contributed by atoms with E-state index in [4.69, 9.17) is 14.8 Å². The lowest BCUT2D eigenvalue weighted by Gasteiger charge is -2.29. The Balaban J connectivity index is 1.63. The van der Waals surface area contributed by atoms with Crippen molar-refractivity contribution in [2.45, 2.75) is 39.2 Å². The molecule has 0 N–H and O–H groups in total. The van der Waals surface area contributed by atoms with Crippen molar-refractivity contribution in [1.29, 1.82) is 0 Å². The maximum absolute atomic E-state index is 5.49. The maximum atomic E-state index is 5.49. The van der Waals surface area contributed by atoms with Gasteiger partial charge in [0.25, 0.3) is 0 Å². The fourth-order valence-corrected chi connectivity index (χ4v) is 4.02. The molecule has 1 aliphatic heterocycles. The number of anilines is 1. The van der Waals surface area contributed by atoms with E-state index in [9.17, 15) is 0 Å². The Bertz CT molecular complexity index is 859. The van der Waals surface area contributed by atoms with E-state index in [-0.39, 0.29) is 5.41 Å². The van der Waals surface area contributed by atoms with Gasteiger partial charge in [-0.15, -0.1) is 5.10 Å². The van der Waals surface area contributed by atoms with Crippen LogP contribution >= 0.6 is 11.3 Å². The van der Waals surface area contributed by atoms with Crippen molar-refractivity contribution in [1.82, 2.24) is 14.6 Å². The molecule has 5 nitrogen and oxygen atoms in total. The van der Waals surface area contributed by atoms with Gasteiger partial charge >= 0.3 is 0 Å². The largest absolute Gasteiger partial charge is 0.496 e. The molecule has 24 heavy (non-hydrogen) atoms. The Hall–Kier alpha value is -2.08. The van der Waals surface area contributed by atoms with Crippen LogP contribution in [0.15, 0.2) is 24.4 Å². The minimum atomic E-state index is 0.0498. The Morgan fingerprint density at radius 1 is 1.25 bits per heavy atom. The van der Waals surface area contributed by atoms with Crippen molar-refractivity contribution in [2.75, 3.05) is 18.6 Å². The average Bonchev–Trinajstić information content (AvgIpc) is 3.12. The number of hydrogen-bond donors (Lipinski definition) is 0. The summed E-state index contributed by atoms with van der Waals surface area (Å²) >= 11 is 1.66. The predicted octanol–water partition coefficient (Wildman–Crippen LogP) is 3.66. The molecule has 126 valence electrons. The van der Waals surface area contributed by atoms with Crippen molar-refractivity contribution < 1.29 is 4.74 Å². The molecule has 0 radical (unpaired) electrons. The van der Waals surface area contributed by atoms with Crippen molar-refractivity contribution >= 4 is 21.4 Å². The summed E-state index contributed by atoms with van der Waals surface area (Å²) in [6.07, 6.45) is 3.03. The molecule has 0 atom stereocenters. The van der Waals surface area contributed by atoms with Gasteiger partial charge in [-0.3, -0.25) is 0 Å². The summed E-state index contributed by atoms with van der Waals surface area (Å²) in [7, 11) is 1.74. The third-order valence-corrected chi connectivity index (χ3v) is 5.50. The van der Waals surface area contributed by atoms with Gasteiger partial charge in [-0.2, -0.15) is 0 Å². The van der Waals surface area contributed by atoms with Crippen LogP contribution in [0.2, 0.25) is 0 Å². The minimum absolute atomic E-state index is 0.0498. The van der Waals surface area contributed by atoms with E-state index in [0.29, 0.717) is 0 Å². The highest BCUT2D eigenvalue weighted by Crippen LogP contribution is 2.33. The minimum Gasteiger partial charge on any atom is -0.496 e. The highest BCUT2D eigenvalue weighted by molar-refractivity contribution is 7.20. The zero-order valence-electron chi connectivity index (χ0n) is 14.5. The van der Waals surface area contributed by atoms with Crippen LogP contribution in [0.1, 0.15) is 37.6 Å². The molecule has 6 heteroatoms. The zero-order chi connectivity index (χ0) is 16.9. The number of rotatable bonds is 2. The normalized spacial score (nSPS) is 14.9. The molecule has 1 aromatic carbocycles. The molecule has 0 bridgehead atoms. The lowest BCUT2D eigenvalue weighted by molar-refractivity contribution is 0.407. The van der Waals surface area contributed by atoms with Gasteiger partial charge in [0.05, 0.1) is 19.0 Å². The van der Waals surface area contributed by atoms with Crippen LogP contribution in [0, 0.1) is 0 Å². The van der Waals surface area contributed by atoms with Gasteiger partial charge in [-0.1, -0.05) is 44.2 Å². The van der Waals surface area contributed by atoms with Crippen LogP contribution in [-0.2, 0) is 18.4 Å². The smallest absolute Gasteiger partial charge is 0.214 e. The maximum Gasteiger partial charge on any atom is 0.214 e. The van der Waals surface area contributed by atoms with Crippen molar-refractivity contribution in [3.05, 3.63) is 41.2 Å². The van der Waals surface area contributed by atoms with Crippen LogP contribution in [0.25, 0.3) is 4.96 Å². The third kappa shape index (κ3) is 2.55. The van der Waals surface area contributed by atoms with Crippen LogP contribution < -0.4 is 9.64 Å². The molecule has 0 aliphatic carbocycles. The van der Waals surface area contributed by atoms with Gasteiger partial charge < -0.3 is 9.64 Å². The van der Waals surface area contributed by atoms with Crippen LogP contribution in [-0.4, -0.2) is 28.3 Å². The first-order valence-corrected chi connectivity index (χ1v) is 9.04. The average molecular weight is 342 g/mol. The first-order valence-electron chi connectivity index (χ1n) is 8.22. The van der Waals surface area contributed by atoms with E-state index in [1.807, 2.05) is 10.6 Å². The van der Waals surface area contributed by atoms with Gasteiger partial charge in [0.15, 0.2) is 0 Å². The molecule has 3 aromatic rings. The molecule has 0 unspecified atom stereocenters. The molecule has 1 aliphatic rings. The molecule has 0 spiro atoms. The van der Waals surface area contributed by atoms with Gasteiger partial charge in [-0.05, 0) is 18.1 Å². The number of imidazole rings is 1. The fourth-order valence-electron chi connectivity index (χ4n) is 3.11. The van der Waals surface area contributed by atoms with E-state index in [0.717, 1.165) is 41.0 Å². The first kappa shape index (κ1) is 15.4. The van der Waals surface area contributed by atoms with E-state index in [2.05, 4.69) is 44.0 Å². The number of methoxy groups -OCH3 is 1. The Morgan fingerprint density at radius 2 is 2.08 bits per heavy atom. The van der Waals surface area contributed by atoms with Crippen LogP contribution in [0.3, 0.4) is 0 Å². The number of hydrogen-bond acceptors (Lipinski definition) is 5. The second kappa shape index (κ2) is 5.48. The van der Waals surface area contributed by atoms with Crippen molar-refractivity contribution in [3.63, 3.8) is 0 Å². The lowest BCUT2D eigenvalue weighted by Crippen LogP contribution is -2.30. The predicted molar refractivity (Wildman–Crippen MR) is 97.3 cm³/mol. The summed E-state index contributed by atoms with van der Waals surface area (Å²) in [6, 6.07) is 6.28. The number of ether oxygens (including phenoxy) is 1. The lowest BCUT2D eigenvalue weighted by atomic mass is 9.93. The first-order chi connectivity index (χ1) is 11.5. The topological polar surface area (TPSA) is 42.7 Å². The molecule has 2 aromatic heterocycles. The number of aromatic nitrogens is 3. The second-order valence-corrected chi connectivity index (χ2v) is 8.19. The second-order valence-electron chi connectivity index (χ2n) is 7.26. The quantitative estimate of drug-likeness (QED) is 0.713. The zero-order valence-corrected chi connectivity index (χ0v) is 15.4. The third-order valence-electron chi connectivity index (χ3n) is 4.51. The van der Waals surface area contributed by atoms with Crippen molar-refractivity contribution in [2.24, 2.45) is 0 Å². The molecular weight excluding hydrogens is 320 g/mol. The van der Waals surface area contributed by atoms with Crippen molar-refractivity contribution in [3.8, 4) is 5.75 Å². The van der Waals surface area contributed by atoms with E-state index >= 15 is 0 Å². The summed E-state index contributed by atoms with van der Waals surface area (Å²) in [5.41, 5.74) is 3.78. The summed E-state index contributed by atoms with van der Waals surface area (Å²) in [6.45, 7) is 8.35. The Morgan fingerprint density at radius 3 is 2.79 bits per heavy atom. The van der Waals surface area contributed by atoms with Gasteiger partial charge in [0.2, 0.25) is 10.1 Å². The standard InChI is InChI=1S/C18H22N4OS/c1-18(2,3)15-11-22-16(19-15)24-17(20-22)21-9-8-13-12(10-21)6-5-7-14(13)23-4/h5-7,11H,8-10H2,1-4H3. The van der Waals surface area contributed by atoms with Gasteiger partial charge in [0.1, 0.15) is 5.75 Å². The van der Waals surface area contributed by atoms with Gasteiger partial charge in [0, 0.05) is 24.1 Å². The highest BCUT2D eigenvalue weighted by atomic mass is 32.1. The SMILES string of the molecule is COc1cccc2c1CCN(c1nn3cc(C(C)(C)C)nc3s1)C2. The van der Waals surface area contributed by atoms with E-state index in [1.165, 1.54) is 11.1 Å². The summed E-state index contributed by atoms with van der Waals surface area (Å²) in [5, 5.41) is 5.79. The molecule has 0 saturated heterocycles. The highest BCUT2D eigenvalue weighted by Gasteiger charge is 2.24. The monoisotopic (exact) mass is 342 g/mol. The Labute approximate surface area is 145 Å². The van der Waals surface area contributed by atoms with Crippen LogP contribution in [0.4, 0.5) is 5.13 Å². The van der Waals surface area contributed by atoms with E-state index in [1.54, 1.807) is 18.4 Å². The summed E-state index contributed by atoms with van der Waals surface area (Å²) in [4.78, 5) is 8.04. The van der Waals surface area contributed by atoms with E-state index < -0.39 is 0 Å². The number of nitrogens with zero attached hydrogens (tertiary/aromatic N) is 4. The Kier molecular flexibility index (Phi) is 3.53. The number of fused-ring (bicyclic) bond motifs is 2. The molecular formula is C18H22N4OS. The molecule has 3 heterocycles. The summed E-state index contributed by atoms with van der Waals surface area (Å²) in [5.74, 6) is 0.996. The number of benzene rings is 1. The molecule has 0 fully saturated rings. The molecule has 4 rings (SSSR count).